The van der Waals surface area contributed by atoms with Crippen LogP contribution in [-0.4, -0.2) is 21.9 Å². The van der Waals surface area contributed by atoms with Crippen molar-refractivity contribution in [2.75, 3.05) is 5.32 Å². The number of benzene rings is 2. The van der Waals surface area contributed by atoms with Crippen LogP contribution in [0.4, 0.5) is 5.69 Å². The lowest BCUT2D eigenvalue weighted by atomic mass is 10.1. The van der Waals surface area contributed by atoms with Gasteiger partial charge in [0, 0.05) is 22.2 Å². The number of hydrogen-bond acceptors (Lipinski definition) is 6. The van der Waals surface area contributed by atoms with Gasteiger partial charge in [-0.3, -0.25) is 9.59 Å². The lowest BCUT2D eigenvalue weighted by Crippen LogP contribution is -2.11. The van der Waals surface area contributed by atoms with Crippen LogP contribution >= 0.6 is 22.7 Å². The summed E-state index contributed by atoms with van der Waals surface area (Å²) in [5, 5.41) is 17.1. The molecule has 144 valence electrons. The predicted octanol–water partition coefficient (Wildman–Crippen LogP) is 4.60. The van der Waals surface area contributed by atoms with E-state index in [1.165, 1.54) is 34.8 Å². The number of nitrogens with two attached hydrogens (primary N) is 1. The number of anilines is 1. The lowest BCUT2D eigenvalue weighted by Gasteiger charge is -2.04. The number of aromatic nitrogens is 1. The number of primary amides is 1. The van der Waals surface area contributed by atoms with E-state index in [0.29, 0.717) is 21.8 Å². The summed E-state index contributed by atoms with van der Waals surface area (Å²) in [6, 6.07) is 15.7. The molecule has 0 saturated carbocycles. The maximum absolute atomic E-state index is 12.1. The SMILES string of the molecule is NC(=O)c1cc(-c2csc(-c3ccc(NC(=O)c4cccs4)cc3)n2)ccc1O. The summed E-state index contributed by atoms with van der Waals surface area (Å²) in [7, 11) is 0. The molecule has 0 unspecified atom stereocenters. The van der Waals surface area contributed by atoms with Gasteiger partial charge < -0.3 is 16.2 Å². The van der Waals surface area contributed by atoms with Gasteiger partial charge in [0.05, 0.1) is 16.1 Å². The number of aromatic hydroxyl groups is 1. The zero-order valence-electron chi connectivity index (χ0n) is 15.0. The maximum Gasteiger partial charge on any atom is 0.265 e. The summed E-state index contributed by atoms with van der Waals surface area (Å²) < 4.78 is 0. The monoisotopic (exact) mass is 421 g/mol. The molecule has 4 N–H and O–H groups in total. The fraction of sp³-hybridized carbons (Fsp3) is 0. The van der Waals surface area contributed by atoms with Crippen molar-refractivity contribution in [3.63, 3.8) is 0 Å². The van der Waals surface area contributed by atoms with E-state index >= 15 is 0 Å². The van der Waals surface area contributed by atoms with Gasteiger partial charge in [0.2, 0.25) is 0 Å². The van der Waals surface area contributed by atoms with Crippen LogP contribution in [0, 0.1) is 0 Å². The van der Waals surface area contributed by atoms with Gasteiger partial charge in [0.25, 0.3) is 11.8 Å². The van der Waals surface area contributed by atoms with Crippen LogP contribution in [0.2, 0.25) is 0 Å². The predicted molar refractivity (Wildman–Crippen MR) is 115 cm³/mol. The smallest absolute Gasteiger partial charge is 0.265 e. The summed E-state index contributed by atoms with van der Waals surface area (Å²) in [5.74, 6) is -0.987. The Balaban J connectivity index is 1.53. The molecule has 0 spiro atoms. The van der Waals surface area contributed by atoms with Gasteiger partial charge in [-0.2, -0.15) is 0 Å². The van der Waals surface area contributed by atoms with Crippen molar-refractivity contribution >= 4 is 40.2 Å². The van der Waals surface area contributed by atoms with Crippen molar-refractivity contribution in [3.05, 3.63) is 75.8 Å². The molecular formula is C21H15N3O3S2. The third-order valence-corrected chi connectivity index (χ3v) is 5.96. The first kappa shape index (κ1) is 18.9. The van der Waals surface area contributed by atoms with E-state index in [-0.39, 0.29) is 17.2 Å². The largest absolute Gasteiger partial charge is 0.507 e. The summed E-state index contributed by atoms with van der Waals surface area (Å²) in [6.07, 6.45) is 0. The van der Waals surface area contributed by atoms with E-state index in [0.717, 1.165) is 10.6 Å². The first-order valence-corrected chi connectivity index (χ1v) is 10.3. The number of nitrogens with one attached hydrogen (secondary N) is 1. The van der Waals surface area contributed by atoms with Gasteiger partial charge in [-0.1, -0.05) is 6.07 Å². The first-order chi connectivity index (χ1) is 14.0. The molecule has 0 saturated heterocycles. The van der Waals surface area contributed by atoms with Crippen molar-refractivity contribution < 1.29 is 14.7 Å². The molecule has 8 heteroatoms. The van der Waals surface area contributed by atoms with E-state index in [1.807, 2.05) is 41.1 Å². The molecular weight excluding hydrogens is 406 g/mol. The second-order valence-corrected chi connectivity index (χ2v) is 7.95. The van der Waals surface area contributed by atoms with Gasteiger partial charge in [-0.25, -0.2) is 4.98 Å². The normalized spacial score (nSPS) is 10.6. The van der Waals surface area contributed by atoms with Gasteiger partial charge in [-0.05, 0) is 53.9 Å². The standard InChI is InChI=1S/C21H15N3O3S2/c22-19(26)15-10-13(5-8-17(15)25)16-11-29-21(24-16)12-3-6-14(7-4-12)23-20(27)18-2-1-9-28-18/h1-11,25H,(H2,22,26)(H,23,27). The quantitative estimate of drug-likeness (QED) is 0.438. The fourth-order valence-corrected chi connectivity index (χ4v) is 4.18. The van der Waals surface area contributed by atoms with E-state index in [9.17, 15) is 14.7 Å². The molecule has 0 aliphatic heterocycles. The van der Waals surface area contributed by atoms with Crippen molar-refractivity contribution in [1.29, 1.82) is 0 Å². The fourth-order valence-electron chi connectivity index (χ4n) is 2.73. The van der Waals surface area contributed by atoms with Crippen molar-refractivity contribution in [1.82, 2.24) is 4.98 Å². The molecule has 0 atom stereocenters. The second-order valence-electron chi connectivity index (χ2n) is 6.14. The van der Waals surface area contributed by atoms with Crippen LogP contribution in [0.1, 0.15) is 20.0 Å². The molecule has 4 rings (SSSR count). The number of carbonyl (C=O) groups is 2. The van der Waals surface area contributed by atoms with Crippen LogP contribution < -0.4 is 11.1 Å². The number of thiazole rings is 1. The highest BCUT2D eigenvalue weighted by atomic mass is 32.1. The summed E-state index contributed by atoms with van der Waals surface area (Å²) in [6.45, 7) is 0. The molecule has 0 fully saturated rings. The van der Waals surface area contributed by atoms with Crippen LogP contribution in [0.5, 0.6) is 5.75 Å². The number of hydrogen-bond donors (Lipinski definition) is 3. The minimum absolute atomic E-state index is 0.0582. The van der Waals surface area contributed by atoms with Crippen molar-refractivity contribution in [3.8, 4) is 27.6 Å². The van der Waals surface area contributed by atoms with E-state index in [4.69, 9.17) is 5.73 Å². The summed E-state index contributed by atoms with van der Waals surface area (Å²) in [4.78, 5) is 28.8. The number of phenols is 1. The highest BCUT2D eigenvalue weighted by molar-refractivity contribution is 7.13. The Hall–Kier alpha value is -3.49. The number of carbonyl (C=O) groups excluding carboxylic acids is 2. The van der Waals surface area contributed by atoms with Gasteiger partial charge in [-0.15, -0.1) is 22.7 Å². The van der Waals surface area contributed by atoms with Crippen molar-refractivity contribution in [2.45, 2.75) is 0 Å². The Bertz CT molecular complexity index is 1180. The first-order valence-electron chi connectivity index (χ1n) is 8.55. The second kappa shape index (κ2) is 7.86. The number of nitrogens with zero attached hydrogens (tertiary/aromatic N) is 1. The minimum Gasteiger partial charge on any atom is -0.507 e. The minimum atomic E-state index is -0.694. The third-order valence-electron chi connectivity index (χ3n) is 4.20. The molecule has 2 aromatic carbocycles. The molecule has 6 nitrogen and oxygen atoms in total. The molecule has 2 amide bonds. The Morgan fingerprint density at radius 3 is 2.45 bits per heavy atom. The van der Waals surface area contributed by atoms with E-state index in [1.54, 1.807) is 12.1 Å². The number of thiophene rings is 1. The zero-order valence-corrected chi connectivity index (χ0v) is 16.6. The van der Waals surface area contributed by atoms with Gasteiger partial charge >= 0.3 is 0 Å². The topological polar surface area (TPSA) is 105 Å². The van der Waals surface area contributed by atoms with Crippen LogP contribution in [0.3, 0.4) is 0 Å². The molecule has 2 aromatic heterocycles. The Morgan fingerprint density at radius 2 is 1.76 bits per heavy atom. The molecule has 0 aliphatic carbocycles. The van der Waals surface area contributed by atoms with Gasteiger partial charge in [0.1, 0.15) is 10.8 Å². The Kier molecular flexibility index (Phi) is 5.11. The van der Waals surface area contributed by atoms with Crippen molar-refractivity contribution in [2.24, 2.45) is 5.73 Å². The average Bonchev–Trinajstić information content (AvgIpc) is 3.41. The average molecular weight is 422 g/mol. The van der Waals surface area contributed by atoms with E-state index in [2.05, 4.69) is 10.3 Å². The third kappa shape index (κ3) is 4.03. The lowest BCUT2D eigenvalue weighted by molar-refractivity contribution is 0.0995. The highest BCUT2D eigenvalue weighted by Gasteiger charge is 2.13. The molecule has 4 aromatic rings. The maximum atomic E-state index is 12.1. The number of amides is 2. The Morgan fingerprint density at radius 1 is 1.00 bits per heavy atom. The van der Waals surface area contributed by atoms with Crippen LogP contribution in [0.15, 0.2) is 65.4 Å². The van der Waals surface area contributed by atoms with E-state index < -0.39 is 5.91 Å². The molecule has 29 heavy (non-hydrogen) atoms. The van der Waals surface area contributed by atoms with Gasteiger partial charge in [0.15, 0.2) is 0 Å². The summed E-state index contributed by atoms with van der Waals surface area (Å²) >= 11 is 2.85. The van der Waals surface area contributed by atoms with Crippen LogP contribution in [-0.2, 0) is 0 Å². The summed E-state index contributed by atoms with van der Waals surface area (Å²) in [5.41, 5.74) is 8.34. The molecule has 0 radical (unpaired) electrons. The molecule has 2 heterocycles. The Labute approximate surface area is 174 Å². The highest BCUT2D eigenvalue weighted by Crippen LogP contribution is 2.31. The molecule has 0 aliphatic rings. The zero-order chi connectivity index (χ0) is 20.4. The number of rotatable bonds is 5. The molecule has 0 bridgehead atoms. The van der Waals surface area contributed by atoms with Crippen LogP contribution in [0.25, 0.3) is 21.8 Å².